The zero-order chi connectivity index (χ0) is 23.0. The van der Waals surface area contributed by atoms with Crippen LogP contribution in [0.1, 0.15) is 96.8 Å². The minimum absolute atomic E-state index is 0.0902. The van der Waals surface area contributed by atoms with Gasteiger partial charge in [0.25, 0.3) is 0 Å². The number of nitrogens with zero attached hydrogens (tertiary/aromatic N) is 2. The van der Waals surface area contributed by atoms with Crippen molar-refractivity contribution in [3.8, 4) is 0 Å². The molecule has 0 N–H and O–H groups in total. The average Bonchev–Trinajstić information content (AvgIpc) is 3.56. The van der Waals surface area contributed by atoms with Gasteiger partial charge in [0.05, 0.1) is 0 Å². The van der Waals surface area contributed by atoms with Crippen molar-refractivity contribution in [2.75, 3.05) is 26.2 Å². The number of allylic oxidation sites excluding steroid dienone is 1. The largest absolute Gasteiger partial charge is 0.339 e. The molecule has 2 amide bonds. The number of rotatable bonds is 6. The summed E-state index contributed by atoms with van der Waals surface area (Å²) in [6.07, 6.45) is 17.8. The van der Waals surface area contributed by atoms with Crippen LogP contribution in [0.25, 0.3) is 0 Å². The monoisotopic (exact) mass is 454 g/mol. The number of carbonyl (C=O) groups excluding carboxylic acids is 2. The Labute approximate surface area is 201 Å². The molecule has 0 radical (unpaired) electrons. The lowest BCUT2D eigenvalue weighted by Crippen LogP contribution is -2.53. The Bertz CT molecular complexity index is 737. The fourth-order valence-electron chi connectivity index (χ4n) is 7.31. The van der Waals surface area contributed by atoms with Crippen LogP contribution in [-0.4, -0.2) is 47.8 Å². The molecule has 0 bridgehead atoms. The molecular weight excluding hydrogens is 408 g/mol. The van der Waals surface area contributed by atoms with Crippen molar-refractivity contribution >= 4 is 11.8 Å². The lowest BCUT2D eigenvalue weighted by atomic mass is 9.66. The van der Waals surface area contributed by atoms with Gasteiger partial charge >= 0.3 is 0 Å². The third-order valence-corrected chi connectivity index (χ3v) is 10.2. The summed E-state index contributed by atoms with van der Waals surface area (Å²) in [5, 5.41) is 0. The van der Waals surface area contributed by atoms with E-state index in [-0.39, 0.29) is 11.3 Å². The van der Waals surface area contributed by atoms with Crippen molar-refractivity contribution in [3.05, 3.63) is 12.2 Å². The summed E-state index contributed by atoms with van der Waals surface area (Å²) in [6, 6.07) is 0. The smallest absolute Gasteiger partial charge is 0.228 e. The maximum Gasteiger partial charge on any atom is 0.228 e. The van der Waals surface area contributed by atoms with Crippen LogP contribution in [0.4, 0.5) is 0 Å². The Morgan fingerprint density at radius 2 is 1.42 bits per heavy atom. The summed E-state index contributed by atoms with van der Waals surface area (Å²) in [6.45, 7) is 9.45. The van der Waals surface area contributed by atoms with E-state index >= 15 is 0 Å². The molecule has 2 atom stereocenters. The van der Waals surface area contributed by atoms with Gasteiger partial charge in [0.1, 0.15) is 0 Å². The van der Waals surface area contributed by atoms with Gasteiger partial charge in [-0.1, -0.05) is 44.8 Å². The maximum atomic E-state index is 13.2. The standard InChI is InChI=1S/C29H46N2O2/c1-21(23-6-4-7-23)19-22-5-3-8-26(20-22)24-9-11-25(12-10-24)27(32)30-15-17-31(18-16-30)28(33)29(2)13-14-29/h22-26H,1,3-20H2,2H3. The zero-order valence-corrected chi connectivity index (χ0v) is 21.0. The first-order chi connectivity index (χ1) is 15.9. The molecule has 5 rings (SSSR count). The van der Waals surface area contributed by atoms with Crippen molar-refractivity contribution < 1.29 is 9.59 Å². The highest BCUT2D eigenvalue weighted by atomic mass is 16.2. The molecule has 1 saturated heterocycles. The van der Waals surface area contributed by atoms with Gasteiger partial charge in [-0.15, -0.1) is 0 Å². The van der Waals surface area contributed by atoms with Crippen molar-refractivity contribution in [2.45, 2.75) is 96.8 Å². The summed E-state index contributed by atoms with van der Waals surface area (Å²) in [5.41, 5.74) is 1.46. The number of carbonyl (C=O) groups is 2. The minimum Gasteiger partial charge on any atom is -0.339 e. The molecule has 33 heavy (non-hydrogen) atoms. The van der Waals surface area contributed by atoms with Crippen LogP contribution in [0.5, 0.6) is 0 Å². The van der Waals surface area contributed by atoms with Crippen LogP contribution in [0.3, 0.4) is 0 Å². The second-order valence-corrected chi connectivity index (χ2v) is 12.6. The highest BCUT2D eigenvalue weighted by Crippen LogP contribution is 2.47. The summed E-state index contributed by atoms with van der Waals surface area (Å²) in [5.74, 6) is 4.34. The van der Waals surface area contributed by atoms with Gasteiger partial charge in [0.2, 0.25) is 11.8 Å². The fourth-order valence-corrected chi connectivity index (χ4v) is 7.31. The van der Waals surface area contributed by atoms with E-state index in [0.717, 1.165) is 75.5 Å². The van der Waals surface area contributed by atoms with E-state index in [1.165, 1.54) is 64.2 Å². The molecule has 0 aromatic heterocycles. The average molecular weight is 455 g/mol. The Hall–Kier alpha value is -1.32. The second-order valence-electron chi connectivity index (χ2n) is 12.6. The Balaban J connectivity index is 1.05. The molecule has 0 aromatic carbocycles. The van der Waals surface area contributed by atoms with Gasteiger partial charge < -0.3 is 9.80 Å². The molecule has 0 spiro atoms. The van der Waals surface area contributed by atoms with Crippen LogP contribution < -0.4 is 0 Å². The van der Waals surface area contributed by atoms with Crippen LogP contribution in [0.15, 0.2) is 12.2 Å². The Morgan fingerprint density at radius 1 is 0.788 bits per heavy atom. The van der Waals surface area contributed by atoms with Crippen LogP contribution in [-0.2, 0) is 9.59 Å². The lowest BCUT2D eigenvalue weighted by Gasteiger charge is -2.41. The van der Waals surface area contributed by atoms with Gasteiger partial charge in [-0.2, -0.15) is 0 Å². The molecule has 4 heteroatoms. The number of piperazine rings is 1. The molecule has 4 nitrogen and oxygen atoms in total. The van der Waals surface area contributed by atoms with Crippen molar-refractivity contribution in [1.82, 2.24) is 9.80 Å². The first kappa shape index (κ1) is 23.4. The molecule has 1 heterocycles. The van der Waals surface area contributed by atoms with Gasteiger partial charge in [-0.25, -0.2) is 0 Å². The SMILES string of the molecule is C=C(CC1CCCC(C2CCC(C(=O)N3CCN(C(=O)C4(C)CC4)CC3)CC2)C1)C1CCC1. The predicted molar refractivity (Wildman–Crippen MR) is 132 cm³/mol. The third-order valence-electron chi connectivity index (χ3n) is 10.2. The lowest BCUT2D eigenvalue weighted by molar-refractivity contribution is -0.145. The second kappa shape index (κ2) is 9.74. The van der Waals surface area contributed by atoms with Gasteiger partial charge in [-0.05, 0) is 87.9 Å². The van der Waals surface area contributed by atoms with E-state index in [1.807, 2.05) is 4.90 Å². The van der Waals surface area contributed by atoms with E-state index in [0.29, 0.717) is 11.8 Å². The molecule has 5 aliphatic rings. The van der Waals surface area contributed by atoms with E-state index < -0.39 is 0 Å². The molecule has 4 aliphatic carbocycles. The van der Waals surface area contributed by atoms with E-state index in [2.05, 4.69) is 18.4 Å². The molecule has 1 aliphatic heterocycles. The van der Waals surface area contributed by atoms with Gasteiger partial charge in [-0.3, -0.25) is 9.59 Å². The molecule has 5 fully saturated rings. The summed E-state index contributed by atoms with van der Waals surface area (Å²) < 4.78 is 0. The topological polar surface area (TPSA) is 40.6 Å². The van der Waals surface area contributed by atoms with E-state index in [1.54, 1.807) is 5.57 Å². The number of hydrogen-bond donors (Lipinski definition) is 0. The molecule has 184 valence electrons. The molecule has 4 saturated carbocycles. The fraction of sp³-hybridized carbons (Fsp3) is 0.862. The molecule has 0 aromatic rings. The first-order valence-corrected chi connectivity index (χ1v) is 14.2. The first-order valence-electron chi connectivity index (χ1n) is 14.2. The molecule has 2 unspecified atom stereocenters. The van der Waals surface area contributed by atoms with Gasteiger partial charge in [0.15, 0.2) is 0 Å². The van der Waals surface area contributed by atoms with Crippen LogP contribution in [0.2, 0.25) is 0 Å². The van der Waals surface area contributed by atoms with Crippen LogP contribution in [0, 0.1) is 35.0 Å². The summed E-state index contributed by atoms with van der Waals surface area (Å²) in [7, 11) is 0. The summed E-state index contributed by atoms with van der Waals surface area (Å²) >= 11 is 0. The Kier molecular flexibility index (Phi) is 6.91. The minimum atomic E-state index is -0.0902. The third kappa shape index (κ3) is 5.20. The maximum absolute atomic E-state index is 13.2. The Morgan fingerprint density at radius 3 is 2.03 bits per heavy atom. The molecular formula is C29H46N2O2. The quantitative estimate of drug-likeness (QED) is 0.475. The normalized spacial score (nSPS) is 34.5. The number of hydrogen-bond acceptors (Lipinski definition) is 2. The highest BCUT2D eigenvalue weighted by molar-refractivity contribution is 5.85. The van der Waals surface area contributed by atoms with E-state index in [9.17, 15) is 9.59 Å². The number of amides is 2. The van der Waals surface area contributed by atoms with E-state index in [4.69, 9.17) is 0 Å². The predicted octanol–water partition coefficient (Wildman–Crippen LogP) is 5.82. The summed E-state index contributed by atoms with van der Waals surface area (Å²) in [4.78, 5) is 29.9. The van der Waals surface area contributed by atoms with Crippen molar-refractivity contribution in [3.63, 3.8) is 0 Å². The van der Waals surface area contributed by atoms with Gasteiger partial charge in [0, 0.05) is 37.5 Å². The zero-order valence-electron chi connectivity index (χ0n) is 21.0. The van der Waals surface area contributed by atoms with Crippen LogP contribution >= 0.6 is 0 Å². The van der Waals surface area contributed by atoms with Crippen molar-refractivity contribution in [2.24, 2.45) is 35.0 Å². The highest BCUT2D eigenvalue weighted by Gasteiger charge is 2.47. The van der Waals surface area contributed by atoms with Crippen molar-refractivity contribution in [1.29, 1.82) is 0 Å².